The number of rotatable bonds is 7. The fraction of sp³-hybridized carbons (Fsp3) is 0.222. The highest BCUT2D eigenvalue weighted by Gasteiger charge is 2.12. The van der Waals surface area contributed by atoms with E-state index in [1.807, 2.05) is 65.8 Å². The van der Waals surface area contributed by atoms with E-state index in [1.165, 1.54) is 11.1 Å². The molecule has 168 valence electrons. The van der Waals surface area contributed by atoms with Crippen molar-refractivity contribution in [2.24, 2.45) is 0 Å². The van der Waals surface area contributed by atoms with Gasteiger partial charge >= 0.3 is 0 Å². The number of carbonyl (C=O) groups excluding carboxylic acids is 1. The van der Waals surface area contributed by atoms with Gasteiger partial charge in [-0.2, -0.15) is 10.2 Å². The normalized spacial score (nSPS) is 11.3. The number of aromatic nitrogens is 4. The third-order valence-electron chi connectivity index (χ3n) is 5.74. The summed E-state index contributed by atoms with van der Waals surface area (Å²) in [6.45, 7) is 7.30. The Hall–Kier alpha value is -3.93. The summed E-state index contributed by atoms with van der Waals surface area (Å²) in [5.41, 5.74) is 7.35. The van der Waals surface area contributed by atoms with E-state index in [9.17, 15) is 4.79 Å². The third kappa shape index (κ3) is 5.29. The molecule has 0 unspecified atom stereocenters. The molecule has 33 heavy (non-hydrogen) atoms. The van der Waals surface area contributed by atoms with Crippen molar-refractivity contribution in [1.82, 2.24) is 24.5 Å². The van der Waals surface area contributed by atoms with Gasteiger partial charge in [-0.15, -0.1) is 0 Å². The first-order valence-electron chi connectivity index (χ1n) is 11.0. The van der Waals surface area contributed by atoms with Gasteiger partial charge < -0.3 is 4.90 Å². The minimum atomic E-state index is -0.0625. The van der Waals surface area contributed by atoms with Crippen molar-refractivity contribution in [3.63, 3.8) is 0 Å². The van der Waals surface area contributed by atoms with E-state index in [0.29, 0.717) is 13.1 Å². The molecule has 6 heteroatoms. The SMILES string of the molecule is Cc1ccc(Cn2nc(C)c(/C=C/C(=O)N(C)Cc3cnn(-c4ccccc4)c3)c2C)cc1. The summed E-state index contributed by atoms with van der Waals surface area (Å²) >= 11 is 0. The molecular weight excluding hydrogens is 410 g/mol. The average molecular weight is 440 g/mol. The van der Waals surface area contributed by atoms with Crippen LogP contribution in [0.5, 0.6) is 0 Å². The van der Waals surface area contributed by atoms with Gasteiger partial charge in [0.1, 0.15) is 0 Å². The third-order valence-corrected chi connectivity index (χ3v) is 5.74. The minimum Gasteiger partial charge on any atom is -0.338 e. The second-order valence-electron chi connectivity index (χ2n) is 8.38. The summed E-state index contributed by atoms with van der Waals surface area (Å²) in [4.78, 5) is 14.4. The number of nitrogens with zero attached hydrogens (tertiary/aromatic N) is 5. The fourth-order valence-electron chi connectivity index (χ4n) is 3.77. The monoisotopic (exact) mass is 439 g/mol. The van der Waals surface area contributed by atoms with Crippen LogP contribution in [0.4, 0.5) is 0 Å². The van der Waals surface area contributed by atoms with Crippen molar-refractivity contribution >= 4 is 12.0 Å². The Morgan fingerprint density at radius 1 is 1.00 bits per heavy atom. The summed E-state index contributed by atoms with van der Waals surface area (Å²) in [5.74, 6) is -0.0625. The van der Waals surface area contributed by atoms with Crippen LogP contribution in [0.25, 0.3) is 11.8 Å². The van der Waals surface area contributed by atoms with Crippen LogP contribution in [0.1, 0.15) is 33.6 Å². The number of hydrogen-bond acceptors (Lipinski definition) is 3. The van der Waals surface area contributed by atoms with E-state index in [2.05, 4.69) is 41.4 Å². The molecule has 0 atom stereocenters. The maximum Gasteiger partial charge on any atom is 0.246 e. The summed E-state index contributed by atoms with van der Waals surface area (Å²) in [6.07, 6.45) is 7.24. The number of aryl methyl sites for hydroxylation is 2. The molecule has 0 saturated heterocycles. The van der Waals surface area contributed by atoms with E-state index < -0.39 is 0 Å². The van der Waals surface area contributed by atoms with Gasteiger partial charge in [0, 0.05) is 42.7 Å². The van der Waals surface area contributed by atoms with Crippen molar-refractivity contribution in [3.05, 3.63) is 107 Å². The maximum atomic E-state index is 12.7. The lowest BCUT2D eigenvalue weighted by Crippen LogP contribution is -2.23. The average Bonchev–Trinajstić information content (AvgIpc) is 3.38. The quantitative estimate of drug-likeness (QED) is 0.392. The zero-order valence-electron chi connectivity index (χ0n) is 19.6. The lowest BCUT2D eigenvalue weighted by atomic mass is 10.1. The van der Waals surface area contributed by atoms with Crippen LogP contribution in [-0.2, 0) is 17.9 Å². The lowest BCUT2D eigenvalue weighted by Gasteiger charge is -2.13. The van der Waals surface area contributed by atoms with E-state index in [1.54, 1.807) is 24.2 Å². The Kier molecular flexibility index (Phi) is 6.54. The van der Waals surface area contributed by atoms with Crippen LogP contribution in [0.15, 0.2) is 73.1 Å². The molecule has 0 N–H and O–H groups in total. The molecule has 6 nitrogen and oxygen atoms in total. The standard InChI is InChI=1S/C27H29N5O/c1-20-10-12-23(13-11-20)18-31-22(3)26(21(2)29-31)14-15-27(33)30(4)17-24-16-28-32(19-24)25-8-6-5-7-9-25/h5-16,19H,17-18H2,1-4H3/b15-14+. The summed E-state index contributed by atoms with van der Waals surface area (Å²) in [6, 6.07) is 18.4. The van der Waals surface area contributed by atoms with Crippen molar-refractivity contribution < 1.29 is 4.79 Å². The molecular formula is C27H29N5O. The highest BCUT2D eigenvalue weighted by Crippen LogP contribution is 2.17. The molecule has 2 aromatic carbocycles. The topological polar surface area (TPSA) is 56.0 Å². The Labute approximate surface area is 194 Å². The molecule has 0 saturated carbocycles. The number of amides is 1. The fourth-order valence-corrected chi connectivity index (χ4v) is 3.77. The largest absolute Gasteiger partial charge is 0.338 e. The van der Waals surface area contributed by atoms with Crippen LogP contribution < -0.4 is 0 Å². The van der Waals surface area contributed by atoms with Gasteiger partial charge in [-0.3, -0.25) is 9.48 Å². The van der Waals surface area contributed by atoms with Gasteiger partial charge in [0.2, 0.25) is 5.91 Å². The predicted molar refractivity (Wildman–Crippen MR) is 131 cm³/mol. The van der Waals surface area contributed by atoms with Crippen molar-refractivity contribution in [1.29, 1.82) is 0 Å². The first-order chi connectivity index (χ1) is 15.9. The highest BCUT2D eigenvalue weighted by molar-refractivity contribution is 5.91. The smallest absolute Gasteiger partial charge is 0.246 e. The van der Waals surface area contributed by atoms with E-state index in [0.717, 1.165) is 28.2 Å². The number of carbonyl (C=O) groups is 1. The number of para-hydroxylation sites is 1. The molecule has 0 radical (unpaired) electrons. The van der Waals surface area contributed by atoms with Gasteiger partial charge in [0.15, 0.2) is 0 Å². The zero-order valence-corrected chi connectivity index (χ0v) is 19.6. The molecule has 0 aliphatic heterocycles. The molecule has 2 heterocycles. The lowest BCUT2D eigenvalue weighted by molar-refractivity contribution is -0.125. The van der Waals surface area contributed by atoms with E-state index >= 15 is 0 Å². The predicted octanol–water partition coefficient (Wildman–Crippen LogP) is 4.71. The first-order valence-corrected chi connectivity index (χ1v) is 11.0. The van der Waals surface area contributed by atoms with Crippen LogP contribution in [-0.4, -0.2) is 37.4 Å². The summed E-state index contributed by atoms with van der Waals surface area (Å²) < 4.78 is 3.81. The molecule has 0 spiro atoms. The Bertz CT molecular complexity index is 1270. The van der Waals surface area contributed by atoms with Crippen LogP contribution in [0.3, 0.4) is 0 Å². The van der Waals surface area contributed by atoms with Crippen molar-refractivity contribution in [2.75, 3.05) is 7.05 Å². The molecule has 4 rings (SSSR count). The van der Waals surface area contributed by atoms with Gasteiger partial charge in [-0.1, -0.05) is 48.0 Å². The first kappa shape index (κ1) is 22.3. The number of hydrogen-bond donors (Lipinski definition) is 0. The zero-order chi connectivity index (χ0) is 23.4. The van der Waals surface area contributed by atoms with E-state index in [4.69, 9.17) is 0 Å². The molecule has 0 aliphatic rings. The Balaban J connectivity index is 1.41. The van der Waals surface area contributed by atoms with Crippen molar-refractivity contribution in [2.45, 2.75) is 33.9 Å². The molecule has 0 fully saturated rings. The second-order valence-corrected chi connectivity index (χ2v) is 8.38. The van der Waals surface area contributed by atoms with Crippen LogP contribution in [0.2, 0.25) is 0 Å². The van der Waals surface area contributed by atoms with Gasteiger partial charge in [-0.05, 0) is 44.5 Å². The van der Waals surface area contributed by atoms with Gasteiger partial charge in [-0.25, -0.2) is 4.68 Å². The van der Waals surface area contributed by atoms with Crippen LogP contribution in [0, 0.1) is 20.8 Å². The van der Waals surface area contributed by atoms with Gasteiger partial charge in [0.25, 0.3) is 0 Å². The van der Waals surface area contributed by atoms with E-state index in [-0.39, 0.29) is 5.91 Å². The molecule has 1 amide bonds. The Morgan fingerprint density at radius 3 is 2.45 bits per heavy atom. The number of likely N-dealkylation sites (N-methyl/N-ethyl adjacent to an activating group) is 1. The second kappa shape index (κ2) is 9.69. The molecule has 2 aromatic heterocycles. The minimum absolute atomic E-state index is 0.0625. The Morgan fingerprint density at radius 2 is 1.73 bits per heavy atom. The summed E-state index contributed by atoms with van der Waals surface area (Å²) in [5, 5.41) is 9.09. The number of benzene rings is 2. The van der Waals surface area contributed by atoms with Crippen LogP contribution >= 0.6 is 0 Å². The molecule has 0 bridgehead atoms. The molecule has 4 aromatic rings. The maximum absolute atomic E-state index is 12.7. The van der Waals surface area contributed by atoms with Gasteiger partial charge in [0.05, 0.1) is 24.1 Å². The van der Waals surface area contributed by atoms with Crippen molar-refractivity contribution in [3.8, 4) is 5.69 Å². The molecule has 0 aliphatic carbocycles. The summed E-state index contributed by atoms with van der Waals surface area (Å²) in [7, 11) is 1.80. The highest BCUT2D eigenvalue weighted by atomic mass is 16.2.